The zero-order valence-electron chi connectivity index (χ0n) is 22.2. The van der Waals surface area contributed by atoms with Crippen molar-refractivity contribution in [2.24, 2.45) is 5.92 Å². The van der Waals surface area contributed by atoms with Crippen LogP contribution in [0.4, 0.5) is 17.6 Å². The molecule has 6 rings (SSSR count). The molecule has 0 spiro atoms. The minimum Gasteiger partial charge on any atom is -0.368 e. The zero-order chi connectivity index (χ0) is 26.1. The monoisotopic (exact) mass is 508 g/mol. The highest BCUT2D eigenvalue weighted by Gasteiger charge is 2.20. The van der Waals surface area contributed by atoms with Gasteiger partial charge in [-0.2, -0.15) is 9.67 Å². The van der Waals surface area contributed by atoms with Crippen LogP contribution in [-0.4, -0.2) is 37.5 Å². The highest BCUT2D eigenvalue weighted by Crippen LogP contribution is 2.31. The smallest absolute Gasteiger partial charge is 0.248 e. The molecule has 2 heterocycles. The van der Waals surface area contributed by atoms with Gasteiger partial charge in [-0.15, -0.1) is 15.3 Å². The summed E-state index contributed by atoms with van der Waals surface area (Å²) in [6, 6.07) is 17.6. The van der Waals surface area contributed by atoms with Crippen molar-refractivity contribution in [1.82, 2.24) is 30.3 Å². The SMILES string of the molecule is CC(C)CN[C@@H]1CCc2ccc(Nc3nc(N)n(-c4cc5c(nn4)-c4ccccc4CCC5)n3)cc2CC1. The van der Waals surface area contributed by atoms with Gasteiger partial charge in [0.1, 0.15) is 0 Å². The number of aromatic nitrogens is 5. The van der Waals surface area contributed by atoms with Gasteiger partial charge in [0.25, 0.3) is 0 Å². The van der Waals surface area contributed by atoms with E-state index in [0.717, 1.165) is 62.0 Å². The molecule has 2 aromatic heterocycles. The van der Waals surface area contributed by atoms with Gasteiger partial charge in [0.2, 0.25) is 11.9 Å². The molecule has 2 aromatic carbocycles. The number of nitrogens with zero attached hydrogens (tertiary/aromatic N) is 5. The highest BCUT2D eigenvalue weighted by molar-refractivity contribution is 5.68. The van der Waals surface area contributed by atoms with Crippen molar-refractivity contribution >= 4 is 17.6 Å². The lowest BCUT2D eigenvalue weighted by atomic mass is 10.0. The number of hydrogen-bond donors (Lipinski definition) is 3. The minimum atomic E-state index is 0.282. The number of benzene rings is 2. The third kappa shape index (κ3) is 5.13. The van der Waals surface area contributed by atoms with E-state index in [4.69, 9.17) is 5.73 Å². The maximum atomic E-state index is 6.28. The van der Waals surface area contributed by atoms with Gasteiger partial charge in [0.15, 0.2) is 5.82 Å². The van der Waals surface area contributed by atoms with E-state index >= 15 is 0 Å². The number of nitrogen functional groups attached to an aromatic ring is 1. The maximum absolute atomic E-state index is 6.28. The molecular weight excluding hydrogens is 472 g/mol. The van der Waals surface area contributed by atoms with Crippen LogP contribution in [0.5, 0.6) is 0 Å². The first-order valence-corrected chi connectivity index (χ1v) is 13.8. The van der Waals surface area contributed by atoms with E-state index in [1.807, 2.05) is 6.07 Å². The van der Waals surface area contributed by atoms with Crippen LogP contribution in [0.1, 0.15) is 55.4 Å². The summed E-state index contributed by atoms with van der Waals surface area (Å²) in [5.41, 5.74) is 14.7. The second kappa shape index (κ2) is 10.5. The van der Waals surface area contributed by atoms with Gasteiger partial charge in [0, 0.05) is 17.3 Å². The molecule has 0 amide bonds. The Morgan fingerprint density at radius 3 is 2.61 bits per heavy atom. The standard InChI is InChI=1S/C30H36N8/c1-19(2)18-32-24-13-10-20-11-15-25(16-22(20)12-14-24)33-30-34-29(31)38(37-30)27-17-23-8-5-7-21-6-3-4-9-26(21)28(23)36-35-27/h3-4,6,9,11,15-17,19,24,32H,5,7-8,10,12-14,18H2,1-2H3,(H3,31,33,34,37)/t24-/m1/s1. The molecule has 2 aliphatic carbocycles. The molecule has 2 aliphatic rings. The maximum Gasteiger partial charge on any atom is 0.248 e. The van der Waals surface area contributed by atoms with Crippen molar-refractivity contribution in [3.63, 3.8) is 0 Å². The Hall–Kier alpha value is -3.78. The normalized spacial score (nSPS) is 16.8. The van der Waals surface area contributed by atoms with Gasteiger partial charge in [0.05, 0.1) is 5.69 Å². The van der Waals surface area contributed by atoms with Gasteiger partial charge in [-0.25, -0.2) is 0 Å². The van der Waals surface area contributed by atoms with Gasteiger partial charge in [-0.1, -0.05) is 44.2 Å². The number of fused-ring (bicyclic) bond motifs is 4. The number of anilines is 3. The Morgan fingerprint density at radius 2 is 1.74 bits per heavy atom. The molecule has 0 saturated heterocycles. The molecule has 0 unspecified atom stereocenters. The average molecular weight is 509 g/mol. The highest BCUT2D eigenvalue weighted by atomic mass is 15.4. The molecule has 0 aliphatic heterocycles. The van der Waals surface area contributed by atoms with Crippen molar-refractivity contribution in [2.75, 3.05) is 17.6 Å². The fraction of sp³-hybridized carbons (Fsp3) is 0.400. The molecule has 8 nitrogen and oxygen atoms in total. The van der Waals surface area contributed by atoms with E-state index in [0.29, 0.717) is 23.7 Å². The molecule has 4 N–H and O–H groups in total. The van der Waals surface area contributed by atoms with Crippen LogP contribution in [0.3, 0.4) is 0 Å². The van der Waals surface area contributed by atoms with Crippen LogP contribution in [0.25, 0.3) is 17.1 Å². The predicted molar refractivity (Wildman–Crippen MR) is 152 cm³/mol. The number of nitrogens with two attached hydrogens (primary N) is 1. The summed E-state index contributed by atoms with van der Waals surface area (Å²) >= 11 is 0. The van der Waals surface area contributed by atoms with Crippen LogP contribution in [0.15, 0.2) is 48.5 Å². The quantitative estimate of drug-likeness (QED) is 0.314. The van der Waals surface area contributed by atoms with Crippen LogP contribution in [0.2, 0.25) is 0 Å². The van der Waals surface area contributed by atoms with Crippen molar-refractivity contribution in [3.8, 4) is 17.1 Å². The first-order valence-electron chi connectivity index (χ1n) is 13.8. The van der Waals surface area contributed by atoms with E-state index in [-0.39, 0.29) is 5.95 Å². The Morgan fingerprint density at radius 1 is 0.921 bits per heavy atom. The average Bonchev–Trinajstić information content (AvgIpc) is 3.06. The fourth-order valence-electron chi connectivity index (χ4n) is 5.64. The van der Waals surface area contributed by atoms with E-state index in [2.05, 4.69) is 87.2 Å². The van der Waals surface area contributed by atoms with Crippen LogP contribution >= 0.6 is 0 Å². The van der Waals surface area contributed by atoms with Crippen molar-refractivity contribution in [1.29, 1.82) is 0 Å². The zero-order valence-corrected chi connectivity index (χ0v) is 22.2. The van der Waals surface area contributed by atoms with Crippen LogP contribution in [-0.2, 0) is 25.7 Å². The lowest BCUT2D eigenvalue weighted by Crippen LogP contribution is -2.32. The van der Waals surface area contributed by atoms with Crippen molar-refractivity contribution < 1.29 is 0 Å². The number of nitrogens with one attached hydrogen (secondary N) is 2. The van der Waals surface area contributed by atoms with Gasteiger partial charge in [-0.05, 0) is 97.9 Å². The topological polar surface area (TPSA) is 107 Å². The van der Waals surface area contributed by atoms with E-state index < -0.39 is 0 Å². The first kappa shape index (κ1) is 24.6. The minimum absolute atomic E-state index is 0.282. The molecule has 0 saturated carbocycles. The Balaban J connectivity index is 1.19. The second-order valence-corrected chi connectivity index (χ2v) is 11.0. The lowest BCUT2D eigenvalue weighted by Gasteiger charge is -2.17. The molecule has 4 aromatic rings. The summed E-state index contributed by atoms with van der Waals surface area (Å²) in [6.45, 7) is 5.60. The molecule has 0 fully saturated rings. The second-order valence-electron chi connectivity index (χ2n) is 11.0. The van der Waals surface area contributed by atoms with Gasteiger partial charge < -0.3 is 16.4 Å². The van der Waals surface area contributed by atoms with Crippen LogP contribution in [0, 0.1) is 5.92 Å². The Labute approximate surface area is 224 Å². The largest absolute Gasteiger partial charge is 0.368 e. The molecule has 38 heavy (non-hydrogen) atoms. The first-order chi connectivity index (χ1) is 18.5. The van der Waals surface area contributed by atoms with E-state index in [1.165, 1.54) is 28.7 Å². The lowest BCUT2D eigenvalue weighted by molar-refractivity contribution is 0.428. The summed E-state index contributed by atoms with van der Waals surface area (Å²) in [6.07, 6.45) is 7.56. The summed E-state index contributed by atoms with van der Waals surface area (Å²) in [7, 11) is 0. The number of aryl methyl sites for hydroxylation is 4. The van der Waals surface area contributed by atoms with Crippen LogP contribution < -0.4 is 16.4 Å². The van der Waals surface area contributed by atoms with Gasteiger partial charge in [-0.3, -0.25) is 0 Å². The molecule has 0 radical (unpaired) electrons. The molecule has 196 valence electrons. The summed E-state index contributed by atoms with van der Waals surface area (Å²) < 4.78 is 1.57. The van der Waals surface area contributed by atoms with Gasteiger partial charge >= 0.3 is 0 Å². The number of rotatable bonds is 6. The predicted octanol–water partition coefficient (Wildman–Crippen LogP) is 5.03. The van der Waals surface area contributed by atoms with E-state index in [9.17, 15) is 0 Å². The Kier molecular flexibility index (Phi) is 6.81. The van der Waals surface area contributed by atoms with E-state index in [1.54, 1.807) is 4.68 Å². The molecule has 1 atom stereocenters. The number of hydrogen-bond acceptors (Lipinski definition) is 7. The van der Waals surface area contributed by atoms with Crippen molar-refractivity contribution in [2.45, 2.75) is 64.8 Å². The third-order valence-corrected chi connectivity index (χ3v) is 7.68. The van der Waals surface area contributed by atoms with Crippen molar-refractivity contribution in [3.05, 3.63) is 70.8 Å². The molecular formula is C30H36N8. The summed E-state index contributed by atoms with van der Waals surface area (Å²) in [5.74, 6) is 1.99. The Bertz CT molecular complexity index is 1440. The third-order valence-electron chi connectivity index (χ3n) is 7.68. The summed E-state index contributed by atoms with van der Waals surface area (Å²) in [4.78, 5) is 4.47. The molecule has 0 bridgehead atoms. The molecule has 8 heteroatoms. The fourth-order valence-corrected chi connectivity index (χ4v) is 5.64. The summed E-state index contributed by atoms with van der Waals surface area (Å²) in [5, 5.41) is 20.8.